The quantitative estimate of drug-likeness (QED) is 0.226. The molecule has 8 nitrogen and oxygen atoms in total. The van der Waals surface area contributed by atoms with Gasteiger partial charge in [0.1, 0.15) is 12.1 Å². The Kier molecular flexibility index (Phi) is 7.92. The van der Waals surface area contributed by atoms with E-state index in [2.05, 4.69) is 4.99 Å². The fourth-order valence-electron chi connectivity index (χ4n) is 3.83. The van der Waals surface area contributed by atoms with E-state index in [1.807, 2.05) is 0 Å². The molecule has 4 N–H and O–H groups in total. The Balaban J connectivity index is 1.38. The normalized spacial score (nSPS) is 17.4. The predicted octanol–water partition coefficient (Wildman–Crippen LogP) is 4.23. The van der Waals surface area contributed by atoms with Gasteiger partial charge in [0.15, 0.2) is 34.6 Å². The van der Waals surface area contributed by atoms with E-state index in [4.69, 9.17) is 4.74 Å². The first-order valence-corrected chi connectivity index (χ1v) is 11.1. The van der Waals surface area contributed by atoms with E-state index < -0.39 is 12.1 Å². The van der Waals surface area contributed by atoms with Crippen molar-refractivity contribution in [2.45, 2.75) is 64.0 Å². The molecule has 1 heterocycles. The largest absolute Gasteiger partial charge is 0.504 e. The Morgan fingerprint density at radius 1 is 0.848 bits per heavy atom. The van der Waals surface area contributed by atoms with E-state index in [1.165, 1.54) is 24.3 Å². The number of Topliss-reactive ketones (excluding diaryl/α,β-unsaturated/α-hetero) is 2. The third-order valence-corrected chi connectivity index (χ3v) is 5.72. The smallest absolute Gasteiger partial charge is 0.221 e. The van der Waals surface area contributed by atoms with Crippen LogP contribution in [0.25, 0.3) is 0 Å². The van der Waals surface area contributed by atoms with Gasteiger partial charge in [-0.3, -0.25) is 9.59 Å². The number of ketones is 2. The first-order chi connectivity index (χ1) is 15.8. The highest BCUT2D eigenvalue weighted by atomic mass is 16.5. The summed E-state index contributed by atoms with van der Waals surface area (Å²) in [7, 11) is 0. The maximum Gasteiger partial charge on any atom is 0.221 e. The minimum Gasteiger partial charge on any atom is -0.504 e. The molecular weight excluding hydrogens is 426 g/mol. The molecule has 0 aromatic heterocycles. The van der Waals surface area contributed by atoms with Gasteiger partial charge in [-0.1, -0.05) is 31.4 Å². The molecule has 0 amide bonds. The summed E-state index contributed by atoms with van der Waals surface area (Å²) in [4.78, 5) is 29.1. The number of benzene rings is 2. The van der Waals surface area contributed by atoms with Gasteiger partial charge in [-0.25, -0.2) is 4.99 Å². The van der Waals surface area contributed by atoms with Crippen LogP contribution in [0.3, 0.4) is 0 Å². The van der Waals surface area contributed by atoms with Crippen LogP contribution in [-0.2, 0) is 9.53 Å². The standard InChI is InChI=1S/C25H29NO7/c1-15-22(26-25(33-15)17-10-8-14-21(30)24(17)32)19(28)12-6-4-2-3-5-11-18(27)16-9-7-13-20(29)23(16)31/h7-10,13-15,22,29-32H,2-6,11-12H2,1H3/t15?,22-/m0/s1. The molecule has 0 aliphatic carbocycles. The molecule has 3 rings (SSSR count). The Labute approximate surface area is 192 Å². The van der Waals surface area contributed by atoms with Crippen molar-refractivity contribution in [1.29, 1.82) is 0 Å². The number of para-hydroxylation sites is 2. The lowest BCUT2D eigenvalue weighted by Gasteiger charge is -2.12. The van der Waals surface area contributed by atoms with Crippen molar-refractivity contribution in [3.63, 3.8) is 0 Å². The van der Waals surface area contributed by atoms with Gasteiger partial charge in [0.2, 0.25) is 5.90 Å². The zero-order valence-electron chi connectivity index (χ0n) is 18.5. The van der Waals surface area contributed by atoms with E-state index in [0.29, 0.717) is 19.3 Å². The average molecular weight is 456 g/mol. The lowest BCUT2D eigenvalue weighted by Crippen LogP contribution is -2.27. The van der Waals surface area contributed by atoms with Crippen molar-refractivity contribution in [1.82, 2.24) is 0 Å². The van der Waals surface area contributed by atoms with Gasteiger partial charge in [-0.15, -0.1) is 0 Å². The van der Waals surface area contributed by atoms with Crippen LogP contribution >= 0.6 is 0 Å². The minimum atomic E-state index is -0.644. The third kappa shape index (κ3) is 5.83. The van der Waals surface area contributed by atoms with E-state index >= 15 is 0 Å². The lowest BCUT2D eigenvalue weighted by molar-refractivity contribution is -0.121. The molecule has 176 valence electrons. The van der Waals surface area contributed by atoms with Crippen LogP contribution < -0.4 is 0 Å². The second-order valence-corrected chi connectivity index (χ2v) is 8.21. The average Bonchev–Trinajstić information content (AvgIpc) is 3.18. The summed E-state index contributed by atoms with van der Waals surface area (Å²) in [5.74, 6) is -1.38. The van der Waals surface area contributed by atoms with Gasteiger partial charge in [-0.2, -0.15) is 0 Å². The third-order valence-electron chi connectivity index (χ3n) is 5.72. The van der Waals surface area contributed by atoms with Crippen LogP contribution in [0.2, 0.25) is 0 Å². The Hall–Kier alpha value is -3.55. The fraction of sp³-hybridized carbons (Fsp3) is 0.400. The number of unbranched alkanes of at least 4 members (excludes halogenated alkanes) is 4. The van der Waals surface area contributed by atoms with Gasteiger partial charge < -0.3 is 25.2 Å². The molecule has 0 saturated carbocycles. The van der Waals surface area contributed by atoms with E-state index in [0.717, 1.165) is 19.3 Å². The number of hydrogen-bond donors (Lipinski definition) is 4. The van der Waals surface area contributed by atoms with Crippen molar-refractivity contribution < 1.29 is 34.8 Å². The summed E-state index contributed by atoms with van der Waals surface area (Å²) >= 11 is 0. The summed E-state index contributed by atoms with van der Waals surface area (Å²) in [6, 6.07) is 8.19. The molecule has 0 spiro atoms. The summed E-state index contributed by atoms with van der Waals surface area (Å²) in [5.41, 5.74) is 0.387. The topological polar surface area (TPSA) is 137 Å². The van der Waals surface area contributed by atoms with Crippen LogP contribution in [0.1, 0.15) is 67.8 Å². The number of carbonyl (C=O) groups is 2. The predicted molar refractivity (Wildman–Crippen MR) is 122 cm³/mol. The number of ether oxygens (including phenoxy) is 1. The van der Waals surface area contributed by atoms with Crippen LogP contribution in [0.5, 0.6) is 23.0 Å². The molecule has 1 unspecified atom stereocenters. The molecular formula is C25H29NO7. The zero-order valence-corrected chi connectivity index (χ0v) is 18.5. The molecule has 8 heteroatoms. The molecule has 2 aromatic carbocycles. The molecule has 2 atom stereocenters. The maximum atomic E-state index is 12.6. The van der Waals surface area contributed by atoms with Crippen molar-refractivity contribution in [3.05, 3.63) is 47.5 Å². The lowest BCUT2D eigenvalue weighted by atomic mass is 10.0. The van der Waals surface area contributed by atoms with Crippen molar-refractivity contribution in [2.75, 3.05) is 0 Å². The summed E-state index contributed by atoms with van der Waals surface area (Å²) in [6.45, 7) is 1.75. The number of aliphatic imine (C=N–C) groups is 1. The molecule has 1 aliphatic heterocycles. The molecule has 0 fully saturated rings. The van der Waals surface area contributed by atoms with Crippen molar-refractivity contribution in [2.24, 2.45) is 4.99 Å². The highest BCUT2D eigenvalue weighted by Gasteiger charge is 2.34. The fourth-order valence-corrected chi connectivity index (χ4v) is 3.83. The molecule has 0 bridgehead atoms. The number of carbonyl (C=O) groups excluding carboxylic acids is 2. The zero-order chi connectivity index (χ0) is 24.0. The number of phenols is 4. The van der Waals surface area contributed by atoms with Gasteiger partial charge in [0, 0.05) is 12.8 Å². The molecule has 2 aromatic rings. The highest BCUT2D eigenvalue weighted by molar-refractivity contribution is 6.01. The van der Waals surface area contributed by atoms with E-state index in [9.17, 15) is 30.0 Å². The van der Waals surface area contributed by atoms with Gasteiger partial charge in [0.05, 0.1) is 11.1 Å². The van der Waals surface area contributed by atoms with Crippen molar-refractivity contribution >= 4 is 17.5 Å². The molecule has 1 aliphatic rings. The maximum absolute atomic E-state index is 12.6. The second kappa shape index (κ2) is 10.8. The van der Waals surface area contributed by atoms with E-state index in [-0.39, 0.29) is 58.0 Å². The van der Waals surface area contributed by atoms with Gasteiger partial charge in [-0.05, 0) is 44.0 Å². The Morgan fingerprint density at radius 3 is 2.18 bits per heavy atom. The first kappa shape index (κ1) is 24.1. The number of nitrogens with zero attached hydrogens (tertiary/aromatic N) is 1. The highest BCUT2D eigenvalue weighted by Crippen LogP contribution is 2.32. The Bertz CT molecular complexity index is 1050. The summed E-state index contributed by atoms with van der Waals surface area (Å²) in [5, 5.41) is 38.9. The number of phenolic OH excluding ortho intramolecular Hbond substituents is 4. The van der Waals surface area contributed by atoms with Crippen LogP contribution in [-0.4, -0.2) is 50.0 Å². The SMILES string of the molecule is CC1OC(c2cccc(O)c2O)=N[C@@H]1C(=O)CCCCCCCC(=O)c1cccc(O)c1O. The molecule has 0 saturated heterocycles. The van der Waals surface area contributed by atoms with E-state index in [1.54, 1.807) is 19.1 Å². The van der Waals surface area contributed by atoms with Crippen LogP contribution in [0.4, 0.5) is 0 Å². The van der Waals surface area contributed by atoms with Crippen molar-refractivity contribution in [3.8, 4) is 23.0 Å². The first-order valence-electron chi connectivity index (χ1n) is 11.1. The monoisotopic (exact) mass is 455 g/mol. The van der Waals surface area contributed by atoms with Crippen LogP contribution in [0, 0.1) is 0 Å². The number of hydrogen-bond acceptors (Lipinski definition) is 8. The number of rotatable bonds is 11. The minimum absolute atomic E-state index is 0.0355. The second-order valence-electron chi connectivity index (χ2n) is 8.21. The number of aromatic hydroxyl groups is 4. The molecule has 0 radical (unpaired) electrons. The Morgan fingerprint density at radius 2 is 1.45 bits per heavy atom. The van der Waals surface area contributed by atoms with Crippen LogP contribution in [0.15, 0.2) is 41.4 Å². The van der Waals surface area contributed by atoms with Gasteiger partial charge in [0.25, 0.3) is 0 Å². The van der Waals surface area contributed by atoms with Gasteiger partial charge >= 0.3 is 0 Å². The molecule has 33 heavy (non-hydrogen) atoms. The summed E-state index contributed by atoms with van der Waals surface area (Å²) < 4.78 is 5.64. The summed E-state index contributed by atoms with van der Waals surface area (Å²) in [6.07, 6.45) is 4.08.